The number of benzene rings is 2. The highest BCUT2D eigenvalue weighted by molar-refractivity contribution is 5.97. The lowest BCUT2D eigenvalue weighted by atomic mass is 9.98. The summed E-state index contributed by atoms with van der Waals surface area (Å²) in [6, 6.07) is 11.1. The number of ether oxygens (including phenoxy) is 1. The Hall–Kier alpha value is -3.01. The van der Waals surface area contributed by atoms with Crippen LogP contribution >= 0.6 is 0 Å². The molecule has 0 amide bonds. The summed E-state index contributed by atoms with van der Waals surface area (Å²) >= 11 is 0. The van der Waals surface area contributed by atoms with E-state index < -0.39 is 5.97 Å². The van der Waals surface area contributed by atoms with Crippen LogP contribution in [0.5, 0.6) is 11.5 Å². The highest BCUT2D eigenvalue weighted by Gasteiger charge is 2.21. The first-order valence-corrected chi connectivity index (χ1v) is 7.08. The number of phenols is 1. The Morgan fingerprint density at radius 2 is 1.96 bits per heavy atom. The van der Waals surface area contributed by atoms with E-state index in [4.69, 9.17) is 4.74 Å². The number of carbonyl (C=O) groups is 1. The molecule has 0 spiro atoms. The molecule has 0 aliphatic heterocycles. The molecule has 0 saturated heterocycles. The number of hydrogen-bond donors (Lipinski definition) is 2. The summed E-state index contributed by atoms with van der Waals surface area (Å²) in [6.07, 6.45) is 5.34. The molecule has 2 rings (SSSR count). The van der Waals surface area contributed by atoms with Gasteiger partial charge >= 0.3 is 5.97 Å². The summed E-state index contributed by atoms with van der Waals surface area (Å²) < 4.78 is 5.27. The lowest BCUT2D eigenvalue weighted by Crippen LogP contribution is -2.04. The zero-order valence-corrected chi connectivity index (χ0v) is 12.8. The Balaban J connectivity index is 2.58. The first-order chi connectivity index (χ1) is 11.1. The van der Waals surface area contributed by atoms with Gasteiger partial charge < -0.3 is 14.9 Å². The quantitative estimate of drug-likeness (QED) is 0.625. The Bertz CT molecular complexity index is 746. The molecule has 2 aromatic carbocycles. The summed E-state index contributed by atoms with van der Waals surface area (Å²) in [6.45, 7) is 3.62. The van der Waals surface area contributed by atoms with Crippen molar-refractivity contribution in [2.75, 3.05) is 7.11 Å². The zero-order chi connectivity index (χ0) is 16.8. The molecule has 0 aromatic heterocycles. The molecule has 2 N–H and O–H groups in total. The van der Waals surface area contributed by atoms with Crippen molar-refractivity contribution in [2.45, 2.75) is 6.42 Å². The fraction of sp³-hybridized carbons (Fsp3) is 0.105. The van der Waals surface area contributed by atoms with Gasteiger partial charge in [-0.3, -0.25) is 0 Å². The van der Waals surface area contributed by atoms with Gasteiger partial charge in [0.1, 0.15) is 17.1 Å². The molecule has 0 radical (unpaired) electrons. The molecule has 0 bridgehead atoms. The average Bonchev–Trinajstić information content (AvgIpc) is 2.55. The first-order valence-electron chi connectivity index (χ1n) is 7.08. The van der Waals surface area contributed by atoms with Crippen molar-refractivity contribution in [3.63, 3.8) is 0 Å². The molecule has 4 heteroatoms. The Morgan fingerprint density at radius 1 is 1.26 bits per heavy atom. The minimum absolute atomic E-state index is 0.144. The van der Waals surface area contributed by atoms with E-state index in [9.17, 15) is 15.0 Å². The van der Waals surface area contributed by atoms with Gasteiger partial charge in [0.05, 0.1) is 7.11 Å². The summed E-state index contributed by atoms with van der Waals surface area (Å²) in [5.74, 6) is -1.05. The molecule has 0 heterocycles. The molecule has 0 fully saturated rings. The monoisotopic (exact) mass is 310 g/mol. The number of aromatic hydroxyl groups is 1. The highest BCUT2D eigenvalue weighted by atomic mass is 16.5. The zero-order valence-electron chi connectivity index (χ0n) is 12.8. The van der Waals surface area contributed by atoms with Crippen LogP contribution in [-0.4, -0.2) is 23.3 Å². The van der Waals surface area contributed by atoms with E-state index in [-0.39, 0.29) is 11.3 Å². The largest absolute Gasteiger partial charge is 0.507 e. The van der Waals surface area contributed by atoms with Gasteiger partial charge in [-0.15, -0.1) is 6.58 Å². The maximum Gasteiger partial charge on any atom is 0.340 e. The topological polar surface area (TPSA) is 66.8 Å². The van der Waals surface area contributed by atoms with E-state index in [0.717, 1.165) is 5.56 Å². The molecule has 2 aromatic rings. The molecule has 0 unspecified atom stereocenters. The summed E-state index contributed by atoms with van der Waals surface area (Å²) in [7, 11) is 1.48. The lowest BCUT2D eigenvalue weighted by molar-refractivity contribution is 0.0693. The fourth-order valence-corrected chi connectivity index (χ4v) is 2.33. The van der Waals surface area contributed by atoms with Gasteiger partial charge in [-0.1, -0.05) is 48.6 Å². The fourth-order valence-electron chi connectivity index (χ4n) is 2.33. The summed E-state index contributed by atoms with van der Waals surface area (Å²) in [5.41, 5.74) is 1.58. The van der Waals surface area contributed by atoms with Crippen LogP contribution in [-0.2, 0) is 6.42 Å². The number of carboxylic acid groups (broad SMARTS) is 1. The average molecular weight is 310 g/mol. The first kappa shape index (κ1) is 16.4. The molecule has 0 atom stereocenters. The third-order valence-electron chi connectivity index (χ3n) is 3.43. The maximum atomic E-state index is 11.5. The van der Waals surface area contributed by atoms with Gasteiger partial charge in [0, 0.05) is 5.56 Å². The number of hydrogen-bond acceptors (Lipinski definition) is 3. The van der Waals surface area contributed by atoms with Crippen molar-refractivity contribution in [1.29, 1.82) is 0 Å². The van der Waals surface area contributed by atoms with Crippen molar-refractivity contribution >= 4 is 18.1 Å². The number of methoxy groups -OCH3 is 1. The minimum Gasteiger partial charge on any atom is -0.507 e. The van der Waals surface area contributed by atoms with Crippen LogP contribution < -0.4 is 4.74 Å². The number of aromatic carboxylic acids is 1. The third-order valence-corrected chi connectivity index (χ3v) is 3.43. The number of allylic oxidation sites excluding steroid dienone is 1. The van der Waals surface area contributed by atoms with E-state index in [1.165, 1.54) is 7.11 Å². The standard InChI is InChI=1S/C19H18O4/c1-3-7-15-16(23-2)12-14(17(18(15)20)19(21)22)11-10-13-8-5-4-6-9-13/h3-6,8-12,20H,1,7H2,2H3,(H,21,22). The smallest absolute Gasteiger partial charge is 0.340 e. The van der Waals surface area contributed by atoms with Crippen LogP contribution in [0.25, 0.3) is 12.2 Å². The van der Waals surface area contributed by atoms with Crippen LogP contribution in [0, 0.1) is 0 Å². The summed E-state index contributed by atoms with van der Waals surface area (Å²) in [4.78, 5) is 11.5. The Kier molecular flexibility index (Phi) is 5.20. The predicted molar refractivity (Wildman–Crippen MR) is 90.9 cm³/mol. The van der Waals surface area contributed by atoms with E-state index in [2.05, 4.69) is 6.58 Å². The number of rotatable bonds is 6. The van der Waals surface area contributed by atoms with E-state index >= 15 is 0 Å². The molecule has 0 saturated carbocycles. The molecule has 4 nitrogen and oxygen atoms in total. The highest BCUT2D eigenvalue weighted by Crippen LogP contribution is 2.36. The van der Waals surface area contributed by atoms with Crippen LogP contribution in [0.2, 0.25) is 0 Å². The van der Waals surface area contributed by atoms with Crippen molar-refractivity contribution in [3.8, 4) is 11.5 Å². The Labute approximate surface area is 135 Å². The minimum atomic E-state index is -1.19. The van der Waals surface area contributed by atoms with Crippen LogP contribution in [0.1, 0.15) is 27.0 Å². The molecule has 118 valence electrons. The maximum absolute atomic E-state index is 11.5. The second-order valence-corrected chi connectivity index (χ2v) is 4.91. The Morgan fingerprint density at radius 3 is 2.52 bits per heavy atom. The molecule has 0 aliphatic rings. The second-order valence-electron chi connectivity index (χ2n) is 4.91. The third kappa shape index (κ3) is 3.61. The van der Waals surface area contributed by atoms with Gasteiger partial charge in [0.25, 0.3) is 0 Å². The number of carboxylic acids is 1. The van der Waals surface area contributed by atoms with Crippen LogP contribution in [0.15, 0.2) is 49.1 Å². The van der Waals surface area contributed by atoms with Crippen molar-refractivity contribution in [3.05, 3.63) is 71.3 Å². The van der Waals surface area contributed by atoms with Crippen molar-refractivity contribution in [1.82, 2.24) is 0 Å². The molecule has 0 aliphatic carbocycles. The SMILES string of the molecule is C=CCc1c(OC)cc(C=Cc2ccccc2)c(C(=O)O)c1O. The van der Waals surface area contributed by atoms with Gasteiger partial charge in [-0.25, -0.2) is 4.79 Å². The normalized spacial score (nSPS) is 10.7. The van der Waals surface area contributed by atoms with Crippen molar-refractivity contribution < 1.29 is 19.7 Å². The molecular weight excluding hydrogens is 292 g/mol. The predicted octanol–water partition coefficient (Wildman–Crippen LogP) is 4.00. The van der Waals surface area contributed by atoms with Crippen molar-refractivity contribution in [2.24, 2.45) is 0 Å². The van der Waals surface area contributed by atoms with Crippen LogP contribution in [0.3, 0.4) is 0 Å². The van der Waals surface area contributed by atoms with Gasteiger partial charge in [-0.05, 0) is 23.6 Å². The van der Waals surface area contributed by atoms with Crippen LogP contribution in [0.4, 0.5) is 0 Å². The van der Waals surface area contributed by atoms with Gasteiger partial charge in [0.15, 0.2) is 0 Å². The van der Waals surface area contributed by atoms with Gasteiger partial charge in [-0.2, -0.15) is 0 Å². The van der Waals surface area contributed by atoms with E-state index in [1.807, 2.05) is 30.3 Å². The van der Waals surface area contributed by atoms with E-state index in [1.54, 1.807) is 24.3 Å². The van der Waals surface area contributed by atoms with Gasteiger partial charge in [0.2, 0.25) is 0 Å². The molecule has 23 heavy (non-hydrogen) atoms. The molecular formula is C19H18O4. The lowest BCUT2D eigenvalue weighted by Gasteiger charge is -2.14. The second kappa shape index (κ2) is 7.31. The summed E-state index contributed by atoms with van der Waals surface area (Å²) in [5, 5.41) is 19.8. The van der Waals surface area contributed by atoms with E-state index in [0.29, 0.717) is 23.3 Å².